The number of pyridine rings is 2. The third-order valence-electron chi connectivity index (χ3n) is 6.40. The molecule has 2 nitrogen and oxygen atoms in total. The van der Waals surface area contributed by atoms with E-state index in [2.05, 4.69) is 9.97 Å². The zero-order valence-electron chi connectivity index (χ0n) is 17.7. The van der Waals surface area contributed by atoms with Gasteiger partial charge in [-0.15, -0.1) is 0 Å². The number of fused-ring (bicyclic) bond motifs is 6. The number of halogens is 6. The summed E-state index contributed by atoms with van der Waals surface area (Å²) in [7, 11) is 0. The molecule has 174 valence electrons. The van der Waals surface area contributed by atoms with E-state index in [4.69, 9.17) is 0 Å². The van der Waals surface area contributed by atoms with Gasteiger partial charge in [0.05, 0.1) is 16.9 Å². The van der Waals surface area contributed by atoms with E-state index in [1.54, 1.807) is 60.7 Å². The summed E-state index contributed by atoms with van der Waals surface area (Å²) < 4.78 is 88.8. The minimum Gasteiger partial charge on any atom is -0.256 e. The standard InChI is InChI=1S/C27H14F6N2/c28-25(29)22-17-11-12-20(15-7-3-1-4-8-15)35-24(17)18-13-21(16-9-5-2-6-10-16)34-14-19(18)23(22)26(30,31)27(25,32)33/h1-14H. The van der Waals surface area contributed by atoms with Crippen molar-refractivity contribution >= 4 is 21.7 Å². The number of rotatable bonds is 2. The monoisotopic (exact) mass is 480 g/mol. The first-order valence-corrected chi connectivity index (χ1v) is 10.7. The van der Waals surface area contributed by atoms with Crippen LogP contribution >= 0.6 is 0 Å². The zero-order valence-corrected chi connectivity index (χ0v) is 17.7. The average molecular weight is 480 g/mol. The second kappa shape index (κ2) is 7.04. The molecule has 2 aromatic heterocycles. The predicted molar refractivity (Wildman–Crippen MR) is 121 cm³/mol. The van der Waals surface area contributed by atoms with Gasteiger partial charge in [-0.3, -0.25) is 4.98 Å². The van der Waals surface area contributed by atoms with Crippen LogP contribution < -0.4 is 0 Å². The Bertz CT molecular complexity index is 1500. The molecule has 1 aliphatic rings. The molecule has 35 heavy (non-hydrogen) atoms. The summed E-state index contributed by atoms with van der Waals surface area (Å²) in [6.45, 7) is 0. The number of aromatic nitrogens is 2. The highest BCUT2D eigenvalue weighted by Gasteiger charge is 2.80. The Morgan fingerprint density at radius 2 is 1.09 bits per heavy atom. The van der Waals surface area contributed by atoms with Crippen molar-refractivity contribution in [3.8, 4) is 22.5 Å². The van der Waals surface area contributed by atoms with Crippen LogP contribution in [0.1, 0.15) is 11.1 Å². The van der Waals surface area contributed by atoms with E-state index in [9.17, 15) is 26.3 Å². The van der Waals surface area contributed by atoms with Gasteiger partial charge in [-0.2, -0.15) is 26.3 Å². The molecule has 0 saturated carbocycles. The predicted octanol–water partition coefficient (Wildman–Crippen LogP) is 7.95. The van der Waals surface area contributed by atoms with Crippen molar-refractivity contribution in [2.45, 2.75) is 17.8 Å². The summed E-state index contributed by atoms with van der Waals surface area (Å²) in [6, 6.07) is 21.5. The normalized spacial score (nSPS) is 17.5. The Morgan fingerprint density at radius 3 is 1.69 bits per heavy atom. The summed E-state index contributed by atoms with van der Waals surface area (Å²) in [5.41, 5.74) is -0.837. The first-order chi connectivity index (χ1) is 16.6. The number of hydrogen-bond acceptors (Lipinski definition) is 2. The van der Waals surface area contributed by atoms with Crippen molar-refractivity contribution in [2.75, 3.05) is 0 Å². The van der Waals surface area contributed by atoms with Crippen LogP contribution in [0, 0.1) is 0 Å². The number of nitrogens with zero attached hydrogens (tertiary/aromatic N) is 2. The quantitative estimate of drug-likeness (QED) is 0.189. The molecule has 0 spiro atoms. The maximum Gasteiger partial charge on any atom is 0.380 e. The average Bonchev–Trinajstić information content (AvgIpc) is 2.98. The highest BCUT2D eigenvalue weighted by atomic mass is 19.3. The summed E-state index contributed by atoms with van der Waals surface area (Å²) in [5.74, 6) is -15.8. The Balaban J connectivity index is 1.78. The lowest BCUT2D eigenvalue weighted by molar-refractivity contribution is -0.301. The smallest absolute Gasteiger partial charge is 0.256 e. The molecule has 0 unspecified atom stereocenters. The van der Waals surface area contributed by atoms with E-state index in [0.717, 1.165) is 12.3 Å². The molecular formula is C27H14F6N2. The minimum absolute atomic E-state index is 0.0403. The van der Waals surface area contributed by atoms with E-state index >= 15 is 0 Å². The molecule has 0 saturated heterocycles. The molecular weight excluding hydrogens is 466 g/mol. The molecule has 1 aliphatic carbocycles. The minimum atomic E-state index is -5.61. The Morgan fingerprint density at radius 1 is 0.543 bits per heavy atom. The second-order valence-electron chi connectivity index (χ2n) is 8.41. The van der Waals surface area contributed by atoms with E-state index in [1.165, 1.54) is 12.1 Å². The van der Waals surface area contributed by atoms with E-state index < -0.39 is 39.7 Å². The fraction of sp³-hybridized carbons (Fsp3) is 0.111. The van der Waals surface area contributed by atoms with Crippen molar-refractivity contribution in [1.82, 2.24) is 9.97 Å². The fourth-order valence-corrected chi connectivity index (χ4v) is 4.69. The van der Waals surface area contributed by atoms with Crippen LogP contribution in [-0.4, -0.2) is 15.9 Å². The van der Waals surface area contributed by atoms with Gasteiger partial charge in [0.15, 0.2) is 0 Å². The molecule has 2 heterocycles. The van der Waals surface area contributed by atoms with Crippen LogP contribution in [0.25, 0.3) is 44.2 Å². The number of benzene rings is 3. The van der Waals surface area contributed by atoms with Crippen LogP contribution in [0.2, 0.25) is 0 Å². The van der Waals surface area contributed by atoms with Crippen molar-refractivity contribution in [3.63, 3.8) is 0 Å². The van der Waals surface area contributed by atoms with Crippen LogP contribution in [0.5, 0.6) is 0 Å². The van der Waals surface area contributed by atoms with Crippen LogP contribution in [0.15, 0.2) is 85.1 Å². The first-order valence-electron chi connectivity index (χ1n) is 10.7. The third kappa shape index (κ3) is 2.79. The van der Waals surface area contributed by atoms with Gasteiger partial charge >= 0.3 is 17.8 Å². The zero-order chi connectivity index (χ0) is 24.6. The van der Waals surface area contributed by atoms with E-state index in [0.29, 0.717) is 22.5 Å². The number of alkyl halides is 6. The molecule has 3 aromatic carbocycles. The Labute approximate surface area is 194 Å². The summed E-state index contributed by atoms with van der Waals surface area (Å²) >= 11 is 0. The van der Waals surface area contributed by atoms with Crippen molar-refractivity contribution in [1.29, 1.82) is 0 Å². The molecule has 8 heteroatoms. The van der Waals surface area contributed by atoms with Gasteiger partial charge in [0.2, 0.25) is 0 Å². The molecule has 5 aromatic rings. The molecule has 0 amide bonds. The van der Waals surface area contributed by atoms with E-state index in [-0.39, 0.29) is 10.9 Å². The van der Waals surface area contributed by atoms with Crippen molar-refractivity contribution in [2.24, 2.45) is 0 Å². The van der Waals surface area contributed by atoms with Gasteiger partial charge < -0.3 is 0 Å². The SMILES string of the molecule is FC1(F)c2c(c3ccc(-c4ccccc4)nc3c3cc(-c4ccccc4)ncc23)C(F)(F)C1(F)F. The Hall–Kier alpha value is -3.94. The van der Waals surface area contributed by atoms with Crippen molar-refractivity contribution < 1.29 is 26.3 Å². The molecule has 6 rings (SSSR count). The van der Waals surface area contributed by atoms with E-state index in [1.807, 2.05) is 0 Å². The van der Waals surface area contributed by atoms with Crippen LogP contribution in [-0.2, 0) is 11.8 Å². The maximum atomic E-state index is 15.0. The highest BCUT2D eigenvalue weighted by molar-refractivity contribution is 6.11. The van der Waals surface area contributed by atoms with Gasteiger partial charge in [-0.05, 0) is 12.1 Å². The van der Waals surface area contributed by atoms with Crippen LogP contribution in [0.4, 0.5) is 26.3 Å². The largest absolute Gasteiger partial charge is 0.380 e. The van der Waals surface area contributed by atoms with Gasteiger partial charge in [0, 0.05) is 44.6 Å². The highest BCUT2D eigenvalue weighted by Crippen LogP contribution is 2.65. The van der Waals surface area contributed by atoms with Crippen LogP contribution in [0.3, 0.4) is 0 Å². The van der Waals surface area contributed by atoms with Gasteiger partial charge in [0.25, 0.3) is 0 Å². The molecule has 0 aliphatic heterocycles. The maximum absolute atomic E-state index is 15.0. The number of hydrogen-bond donors (Lipinski definition) is 0. The molecule has 0 radical (unpaired) electrons. The lowest BCUT2D eigenvalue weighted by atomic mass is 9.93. The first kappa shape index (κ1) is 21.6. The van der Waals surface area contributed by atoms with Gasteiger partial charge in [-0.25, -0.2) is 4.98 Å². The topological polar surface area (TPSA) is 25.8 Å². The summed E-state index contributed by atoms with van der Waals surface area (Å²) in [6.07, 6.45) is 0.957. The molecule has 0 bridgehead atoms. The fourth-order valence-electron chi connectivity index (χ4n) is 4.69. The lowest BCUT2D eigenvalue weighted by Gasteiger charge is -2.23. The summed E-state index contributed by atoms with van der Waals surface area (Å²) in [4.78, 5) is 8.65. The molecule has 0 fully saturated rings. The Kier molecular flexibility index (Phi) is 4.34. The molecule has 0 N–H and O–H groups in total. The van der Waals surface area contributed by atoms with Crippen molar-refractivity contribution in [3.05, 3.63) is 96.2 Å². The summed E-state index contributed by atoms with van der Waals surface area (Å²) in [5, 5.41) is -0.885. The third-order valence-corrected chi connectivity index (χ3v) is 6.40. The van der Waals surface area contributed by atoms with Gasteiger partial charge in [0.1, 0.15) is 0 Å². The van der Waals surface area contributed by atoms with Gasteiger partial charge in [-0.1, -0.05) is 66.7 Å². The second-order valence-corrected chi connectivity index (χ2v) is 8.41. The molecule has 0 atom stereocenters. The lowest BCUT2D eigenvalue weighted by Crippen LogP contribution is -2.43.